The Morgan fingerprint density at radius 1 is 1.05 bits per heavy atom. The molecule has 2 aromatic carbocycles. The van der Waals surface area contributed by atoms with Crippen molar-refractivity contribution in [3.05, 3.63) is 54.9 Å². The maximum Gasteiger partial charge on any atom is 0.148 e. The molecule has 0 atom stereocenters. The Bertz CT molecular complexity index is 639. The molecule has 22 heavy (non-hydrogen) atoms. The first-order valence-corrected chi connectivity index (χ1v) is 9.06. The van der Waals surface area contributed by atoms with E-state index in [2.05, 4.69) is 53.9 Å². The van der Waals surface area contributed by atoms with Crippen molar-refractivity contribution in [3.8, 4) is 11.5 Å². The molecule has 2 rings (SSSR count). The van der Waals surface area contributed by atoms with Gasteiger partial charge in [-0.3, -0.25) is 0 Å². The highest BCUT2D eigenvalue weighted by atomic mass is 79.9. The maximum atomic E-state index is 5.96. The lowest BCUT2D eigenvalue weighted by Gasteiger charge is -2.14. The van der Waals surface area contributed by atoms with Crippen LogP contribution in [0.3, 0.4) is 0 Å². The van der Waals surface area contributed by atoms with E-state index < -0.39 is 0 Å². The summed E-state index contributed by atoms with van der Waals surface area (Å²) in [7, 11) is 1.66. The molecule has 0 aliphatic carbocycles. The van der Waals surface area contributed by atoms with E-state index in [9.17, 15) is 0 Å². The smallest absolute Gasteiger partial charge is 0.148 e. The van der Waals surface area contributed by atoms with Gasteiger partial charge in [0.1, 0.15) is 18.1 Å². The zero-order chi connectivity index (χ0) is 16.1. The number of nitrogens with two attached hydrogens (primary N) is 1. The van der Waals surface area contributed by atoms with Crippen molar-refractivity contribution in [2.75, 3.05) is 13.7 Å². The molecular weight excluding hydrogens is 478 g/mol. The van der Waals surface area contributed by atoms with Crippen molar-refractivity contribution in [1.29, 1.82) is 0 Å². The topological polar surface area (TPSA) is 44.5 Å². The zero-order valence-corrected chi connectivity index (χ0v) is 16.8. The van der Waals surface area contributed by atoms with Crippen molar-refractivity contribution in [2.45, 2.75) is 13.0 Å². The van der Waals surface area contributed by atoms with Crippen molar-refractivity contribution < 1.29 is 9.47 Å². The first-order valence-electron chi connectivity index (χ1n) is 6.68. The molecule has 0 aliphatic heterocycles. The highest BCUT2D eigenvalue weighted by molar-refractivity contribution is 9.11. The largest absolute Gasteiger partial charge is 0.496 e. The zero-order valence-electron chi connectivity index (χ0n) is 12.0. The number of rotatable bonds is 6. The molecule has 2 N–H and O–H groups in total. The van der Waals surface area contributed by atoms with Gasteiger partial charge in [-0.1, -0.05) is 22.0 Å². The molecule has 0 unspecified atom stereocenters. The predicted molar refractivity (Wildman–Crippen MR) is 99.6 cm³/mol. The molecule has 0 saturated heterocycles. The molecular formula is C16H16Br3NO2. The maximum absolute atomic E-state index is 5.96. The normalized spacial score (nSPS) is 10.6. The number of hydrogen-bond donors (Lipinski definition) is 1. The van der Waals surface area contributed by atoms with Gasteiger partial charge in [-0.15, -0.1) is 0 Å². The van der Waals surface area contributed by atoms with Gasteiger partial charge >= 0.3 is 0 Å². The average Bonchev–Trinajstić information content (AvgIpc) is 2.46. The summed E-state index contributed by atoms with van der Waals surface area (Å²) in [4.78, 5) is 0. The Hall–Kier alpha value is -0.560. The van der Waals surface area contributed by atoms with E-state index in [1.165, 1.54) is 5.56 Å². The van der Waals surface area contributed by atoms with Crippen LogP contribution in [0, 0.1) is 0 Å². The second-order valence-electron chi connectivity index (χ2n) is 4.67. The summed E-state index contributed by atoms with van der Waals surface area (Å²) in [6.45, 7) is 1.04. The van der Waals surface area contributed by atoms with Gasteiger partial charge in [-0.25, -0.2) is 0 Å². The molecule has 6 heteroatoms. The highest BCUT2D eigenvalue weighted by Crippen LogP contribution is 2.37. The summed E-state index contributed by atoms with van der Waals surface area (Å²) in [5.41, 5.74) is 7.79. The summed E-state index contributed by atoms with van der Waals surface area (Å²) in [5, 5.41) is 0. The standard InChI is InChI=1S/C16H16Br3NO2/c1-21-15-3-2-10(4-5-20)6-11(15)9-22-16-13(18)7-12(17)8-14(16)19/h2-3,6-8H,4-5,9,20H2,1H3. The quantitative estimate of drug-likeness (QED) is 0.611. The van der Waals surface area contributed by atoms with Crippen LogP contribution in [0.4, 0.5) is 0 Å². The van der Waals surface area contributed by atoms with Crippen LogP contribution in [-0.2, 0) is 13.0 Å². The van der Waals surface area contributed by atoms with E-state index >= 15 is 0 Å². The summed E-state index contributed by atoms with van der Waals surface area (Å²) < 4.78 is 14.1. The molecule has 2 aromatic rings. The number of methoxy groups -OCH3 is 1. The van der Waals surface area contributed by atoms with Crippen LogP contribution in [0.1, 0.15) is 11.1 Å². The van der Waals surface area contributed by atoms with Gasteiger partial charge < -0.3 is 15.2 Å². The van der Waals surface area contributed by atoms with Gasteiger partial charge in [0.05, 0.1) is 16.1 Å². The lowest BCUT2D eigenvalue weighted by molar-refractivity contribution is 0.293. The van der Waals surface area contributed by atoms with E-state index in [0.29, 0.717) is 13.2 Å². The van der Waals surface area contributed by atoms with Crippen LogP contribution < -0.4 is 15.2 Å². The third kappa shape index (κ3) is 4.47. The van der Waals surface area contributed by atoms with E-state index in [1.807, 2.05) is 24.3 Å². The van der Waals surface area contributed by atoms with Crippen molar-refractivity contribution in [1.82, 2.24) is 0 Å². The third-order valence-corrected chi connectivity index (χ3v) is 4.75. The van der Waals surface area contributed by atoms with Crippen molar-refractivity contribution >= 4 is 47.8 Å². The number of benzene rings is 2. The van der Waals surface area contributed by atoms with Crippen LogP contribution >= 0.6 is 47.8 Å². The molecule has 0 heterocycles. The Kier molecular flexibility index (Phi) is 6.74. The fourth-order valence-corrected chi connectivity index (χ4v) is 4.57. The van der Waals surface area contributed by atoms with E-state index in [1.54, 1.807) is 7.11 Å². The first-order chi connectivity index (χ1) is 10.5. The molecule has 0 fully saturated rings. The molecule has 0 radical (unpaired) electrons. The average molecular weight is 494 g/mol. The first kappa shape index (κ1) is 17.8. The third-order valence-electron chi connectivity index (χ3n) is 3.11. The molecule has 0 spiro atoms. The summed E-state index contributed by atoms with van der Waals surface area (Å²) in [6, 6.07) is 9.95. The molecule has 0 saturated carbocycles. The van der Waals surface area contributed by atoms with Crippen LogP contribution in [-0.4, -0.2) is 13.7 Å². The van der Waals surface area contributed by atoms with Crippen molar-refractivity contribution in [2.24, 2.45) is 5.73 Å². The monoisotopic (exact) mass is 491 g/mol. The van der Waals surface area contributed by atoms with Gasteiger partial charge in [-0.05, 0) is 74.7 Å². The van der Waals surface area contributed by atoms with Gasteiger partial charge in [0.25, 0.3) is 0 Å². The van der Waals surface area contributed by atoms with E-state index in [-0.39, 0.29) is 0 Å². The molecule has 0 aliphatic rings. The predicted octanol–water partition coefficient (Wildman–Crippen LogP) is 5.06. The van der Waals surface area contributed by atoms with Crippen LogP contribution in [0.25, 0.3) is 0 Å². The Balaban J connectivity index is 2.22. The van der Waals surface area contributed by atoms with E-state index in [0.717, 1.165) is 36.9 Å². The summed E-state index contributed by atoms with van der Waals surface area (Å²) >= 11 is 10.5. The molecule has 0 amide bonds. The Morgan fingerprint density at radius 2 is 1.73 bits per heavy atom. The van der Waals surface area contributed by atoms with Crippen LogP contribution in [0.15, 0.2) is 43.7 Å². The number of halogens is 3. The SMILES string of the molecule is COc1ccc(CCN)cc1COc1c(Br)cc(Br)cc1Br. The lowest BCUT2D eigenvalue weighted by Crippen LogP contribution is -2.05. The summed E-state index contributed by atoms with van der Waals surface area (Å²) in [5.74, 6) is 1.57. The van der Waals surface area contributed by atoms with Gasteiger partial charge in [0, 0.05) is 10.0 Å². The lowest BCUT2D eigenvalue weighted by atomic mass is 10.1. The molecule has 118 valence electrons. The fraction of sp³-hybridized carbons (Fsp3) is 0.250. The van der Waals surface area contributed by atoms with Crippen LogP contribution in [0.5, 0.6) is 11.5 Å². The van der Waals surface area contributed by atoms with Crippen LogP contribution in [0.2, 0.25) is 0 Å². The molecule has 0 aromatic heterocycles. The minimum absolute atomic E-state index is 0.417. The van der Waals surface area contributed by atoms with Gasteiger partial charge in [0.15, 0.2) is 0 Å². The number of hydrogen-bond acceptors (Lipinski definition) is 3. The van der Waals surface area contributed by atoms with E-state index in [4.69, 9.17) is 15.2 Å². The number of ether oxygens (including phenoxy) is 2. The minimum atomic E-state index is 0.417. The highest BCUT2D eigenvalue weighted by Gasteiger charge is 2.11. The second kappa shape index (κ2) is 8.34. The van der Waals surface area contributed by atoms with Crippen molar-refractivity contribution in [3.63, 3.8) is 0 Å². The van der Waals surface area contributed by atoms with Gasteiger partial charge in [0.2, 0.25) is 0 Å². The molecule has 3 nitrogen and oxygen atoms in total. The summed E-state index contributed by atoms with van der Waals surface area (Å²) in [6.07, 6.45) is 0.836. The van der Waals surface area contributed by atoms with Gasteiger partial charge in [-0.2, -0.15) is 0 Å². The Labute approximate surface area is 155 Å². The fourth-order valence-electron chi connectivity index (χ4n) is 2.08. The Morgan fingerprint density at radius 3 is 2.32 bits per heavy atom. The minimum Gasteiger partial charge on any atom is -0.496 e. The second-order valence-corrected chi connectivity index (χ2v) is 7.30. The molecule has 0 bridgehead atoms.